The number of benzene rings is 2. The van der Waals surface area contributed by atoms with Crippen LogP contribution in [-0.2, 0) is 0 Å². The zero-order valence-corrected chi connectivity index (χ0v) is 12.3. The summed E-state index contributed by atoms with van der Waals surface area (Å²) in [5.74, 6) is -0.997. The molecule has 0 fully saturated rings. The van der Waals surface area contributed by atoms with Crippen molar-refractivity contribution in [1.82, 2.24) is 15.0 Å². The van der Waals surface area contributed by atoms with Gasteiger partial charge in [-0.15, -0.1) is 5.10 Å². The van der Waals surface area contributed by atoms with Crippen LogP contribution in [0.5, 0.6) is 0 Å². The molecule has 3 rings (SSSR count). The normalized spacial score (nSPS) is 10.9. The average molecular weight is 353 g/mol. The molecule has 7 heteroatoms. The summed E-state index contributed by atoms with van der Waals surface area (Å²) in [6, 6.07) is 10.1. The Bertz CT molecular complexity index is 832. The van der Waals surface area contributed by atoms with E-state index in [-0.39, 0.29) is 5.56 Å². The zero-order chi connectivity index (χ0) is 14.3. The monoisotopic (exact) mass is 351 g/mol. The first-order chi connectivity index (χ1) is 9.56. The van der Waals surface area contributed by atoms with Gasteiger partial charge in [0.05, 0.1) is 21.8 Å². The lowest BCUT2D eigenvalue weighted by molar-refractivity contribution is 0.0697. The number of rotatable bonds is 2. The van der Waals surface area contributed by atoms with Crippen molar-refractivity contribution in [3.63, 3.8) is 0 Å². The molecule has 0 spiro atoms. The second-order valence-electron chi connectivity index (χ2n) is 4.11. The van der Waals surface area contributed by atoms with Crippen molar-refractivity contribution >= 4 is 44.5 Å². The molecule has 1 N–H and O–H groups in total. The van der Waals surface area contributed by atoms with Crippen molar-refractivity contribution in [3.05, 3.63) is 51.5 Å². The summed E-state index contributed by atoms with van der Waals surface area (Å²) >= 11 is 9.53. The summed E-state index contributed by atoms with van der Waals surface area (Å²) < 4.78 is 2.44. The van der Waals surface area contributed by atoms with E-state index < -0.39 is 5.97 Å². The van der Waals surface area contributed by atoms with Crippen LogP contribution in [0.1, 0.15) is 10.4 Å². The molecular formula is C13H7BrClN3O2. The minimum absolute atomic E-state index is 0.173. The summed E-state index contributed by atoms with van der Waals surface area (Å²) in [6.07, 6.45) is 0. The number of aromatic nitrogens is 3. The first-order valence-corrected chi connectivity index (χ1v) is 6.77. The van der Waals surface area contributed by atoms with Gasteiger partial charge in [0.1, 0.15) is 5.52 Å². The van der Waals surface area contributed by atoms with E-state index in [0.717, 1.165) is 4.47 Å². The van der Waals surface area contributed by atoms with E-state index in [1.54, 1.807) is 16.8 Å². The SMILES string of the molecule is O=C(O)c1ccc2c(c1)nnn2-c1ccc(Br)cc1Cl. The Morgan fingerprint density at radius 1 is 1.25 bits per heavy atom. The van der Waals surface area contributed by atoms with Crippen LogP contribution in [0.2, 0.25) is 5.02 Å². The highest BCUT2D eigenvalue weighted by Gasteiger charge is 2.12. The molecule has 0 aliphatic heterocycles. The molecule has 5 nitrogen and oxygen atoms in total. The lowest BCUT2D eigenvalue weighted by Crippen LogP contribution is -1.98. The first kappa shape index (κ1) is 13.1. The number of carboxylic acid groups (broad SMARTS) is 1. The fourth-order valence-corrected chi connectivity index (χ4v) is 2.64. The molecule has 0 radical (unpaired) electrons. The molecule has 0 saturated carbocycles. The van der Waals surface area contributed by atoms with Crippen LogP contribution < -0.4 is 0 Å². The topological polar surface area (TPSA) is 68.0 Å². The molecule has 100 valence electrons. The summed E-state index contributed by atoms with van der Waals surface area (Å²) in [5, 5.41) is 17.5. The molecule has 1 heterocycles. The predicted molar refractivity (Wildman–Crippen MR) is 78.5 cm³/mol. The summed E-state index contributed by atoms with van der Waals surface area (Å²) in [4.78, 5) is 10.9. The van der Waals surface area contributed by atoms with Gasteiger partial charge in [-0.2, -0.15) is 0 Å². The molecule has 0 amide bonds. The lowest BCUT2D eigenvalue weighted by atomic mass is 10.2. The summed E-state index contributed by atoms with van der Waals surface area (Å²) in [5.41, 5.74) is 2.05. The molecule has 0 unspecified atom stereocenters. The van der Waals surface area contributed by atoms with Crippen LogP contribution in [0.25, 0.3) is 16.7 Å². The van der Waals surface area contributed by atoms with Gasteiger partial charge in [-0.3, -0.25) is 0 Å². The highest BCUT2D eigenvalue weighted by atomic mass is 79.9. The van der Waals surface area contributed by atoms with Crippen LogP contribution >= 0.6 is 27.5 Å². The molecule has 0 aliphatic carbocycles. The number of carboxylic acids is 1. The third-order valence-corrected chi connectivity index (χ3v) is 3.63. The Morgan fingerprint density at radius 3 is 2.75 bits per heavy atom. The second-order valence-corrected chi connectivity index (χ2v) is 5.43. The number of fused-ring (bicyclic) bond motifs is 1. The van der Waals surface area contributed by atoms with Crippen LogP contribution in [0.4, 0.5) is 0 Å². The average Bonchev–Trinajstić information content (AvgIpc) is 2.81. The lowest BCUT2D eigenvalue weighted by Gasteiger charge is -2.05. The standard InChI is InChI=1S/C13H7BrClN3O2/c14-8-2-4-11(9(15)6-8)18-12-3-1-7(13(19)20)5-10(12)16-17-18/h1-6H,(H,19,20). The Hall–Kier alpha value is -1.92. The fraction of sp³-hybridized carbons (Fsp3) is 0. The maximum absolute atomic E-state index is 10.9. The number of hydrogen-bond donors (Lipinski definition) is 1. The van der Waals surface area contributed by atoms with Crippen molar-refractivity contribution in [1.29, 1.82) is 0 Å². The number of carbonyl (C=O) groups is 1. The minimum atomic E-state index is -0.997. The van der Waals surface area contributed by atoms with Crippen molar-refractivity contribution < 1.29 is 9.90 Å². The largest absolute Gasteiger partial charge is 0.478 e. The molecule has 1 aromatic heterocycles. The second kappa shape index (κ2) is 4.88. The van der Waals surface area contributed by atoms with Gasteiger partial charge in [-0.25, -0.2) is 9.48 Å². The van der Waals surface area contributed by atoms with E-state index in [4.69, 9.17) is 16.7 Å². The molecular weight excluding hydrogens is 346 g/mol. The van der Waals surface area contributed by atoms with Gasteiger partial charge in [-0.1, -0.05) is 32.7 Å². The summed E-state index contributed by atoms with van der Waals surface area (Å²) in [6.45, 7) is 0. The van der Waals surface area contributed by atoms with E-state index in [9.17, 15) is 4.79 Å². The third-order valence-electron chi connectivity index (χ3n) is 2.83. The zero-order valence-electron chi connectivity index (χ0n) is 9.92. The molecule has 2 aromatic carbocycles. The van der Waals surface area contributed by atoms with Crippen LogP contribution in [0, 0.1) is 0 Å². The fourth-order valence-electron chi connectivity index (χ4n) is 1.89. The molecule has 3 aromatic rings. The Morgan fingerprint density at radius 2 is 2.05 bits per heavy atom. The number of halogens is 2. The Kier molecular flexibility index (Phi) is 3.19. The highest BCUT2D eigenvalue weighted by Crippen LogP contribution is 2.26. The van der Waals surface area contributed by atoms with Crippen molar-refractivity contribution in [3.8, 4) is 5.69 Å². The molecule has 20 heavy (non-hydrogen) atoms. The van der Waals surface area contributed by atoms with E-state index in [1.165, 1.54) is 12.1 Å². The smallest absolute Gasteiger partial charge is 0.335 e. The van der Waals surface area contributed by atoms with Crippen LogP contribution in [0.15, 0.2) is 40.9 Å². The Labute approximate surface area is 126 Å². The van der Waals surface area contributed by atoms with Gasteiger partial charge in [-0.05, 0) is 36.4 Å². The summed E-state index contributed by atoms with van der Waals surface area (Å²) in [7, 11) is 0. The molecule has 0 bridgehead atoms. The number of aromatic carboxylic acids is 1. The quantitative estimate of drug-likeness (QED) is 0.766. The van der Waals surface area contributed by atoms with E-state index in [1.807, 2.05) is 12.1 Å². The minimum Gasteiger partial charge on any atom is -0.478 e. The predicted octanol–water partition coefficient (Wildman–Crippen LogP) is 3.53. The maximum atomic E-state index is 10.9. The van der Waals surface area contributed by atoms with E-state index >= 15 is 0 Å². The number of nitrogens with zero attached hydrogens (tertiary/aromatic N) is 3. The van der Waals surface area contributed by atoms with Gasteiger partial charge in [0.15, 0.2) is 0 Å². The Balaban J connectivity index is 2.20. The van der Waals surface area contributed by atoms with E-state index in [2.05, 4.69) is 26.2 Å². The van der Waals surface area contributed by atoms with Crippen molar-refractivity contribution in [2.75, 3.05) is 0 Å². The van der Waals surface area contributed by atoms with Gasteiger partial charge < -0.3 is 5.11 Å². The van der Waals surface area contributed by atoms with E-state index in [0.29, 0.717) is 21.7 Å². The third kappa shape index (κ3) is 2.17. The molecule has 0 saturated heterocycles. The highest BCUT2D eigenvalue weighted by molar-refractivity contribution is 9.10. The first-order valence-electron chi connectivity index (χ1n) is 5.60. The van der Waals surface area contributed by atoms with Gasteiger partial charge in [0, 0.05) is 4.47 Å². The van der Waals surface area contributed by atoms with Gasteiger partial charge in [0.2, 0.25) is 0 Å². The molecule has 0 atom stereocenters. The van der Waals surface area contributed by atoms with Crippen molar-refractivity contribution in [2.45, 2.75) is 0 Å². The van der Waals surface area contributed by atoms with Crippen molar-refractivity contribution in [2.24, 2.45) is 0 Å². The number of hydrogen-bond acceptors (Lipinski definition) is 3. The maximum Gasteiger partial charge on any atom is 0.335 e. The molecule has 0 aliphatic rings. The van der Waals surface area contributed by atoms with Gasteiger partial charge >= 0.3 is 5.97 Å². The van der Waals surface area contributed by atoms with Crippen LogP contribution in [0.3, 0.4) is 0 Å². The van der Waals surface area contributed by atoms with Crippen LogP contribution in [-0.4, -0.2) is 26.1 Å². The van der Waals surface area contributed by atoms with Gasteiger partial charge in [0.25, 0.3) is 0 Å².